The van der Waals surface area contributed by atoms with Crippen LogP contribution in [-0.4, -0.2) is 31.0 Å². The summed E-state index contributed by atoms with van der Waals surface area (Å²) in [5.74, 6) is -1.60. The molecule has 0 saturated carbocycles. The van der Waals surface area contributed by atoms with E-state index in [4.69, 9.17) is 23.2 Å². The van der Waals surface area contributed by atoms with Crippen molar-refractivity contribution in [1.29, 1.82) is 0 Å². The molecule has 0 aromatic heterocycles. The molecule has 22 heavy (non-hydrogen) atoms. The third kappa shape index (κ3) is 4.60. The van der Waals surface area contributed by atoms with E-state index in [9.17, 15) is 14.7 Å². The maximum Gasteiger partial charge on any atom is 0.230 e. The number of aliphatic carboxylic acids is 1. The summed E-state index contributed by atoms with van der Waals surface area (Å²) in [5, 5.41) is 14.8. The van der Waals surface area contributed by atoms with Gasteiger partial charge in [-0.25, -0.2) is 0 Å². The molecule has 1 aromatic rings. The molecule has 0 radical (unpaired) electrons. The van der Waals surface area contributed by atoms with Crippen LogP contribution in [-0.2, 0) is 9.59 Å². The first-order valence-corrected chi connectivity index (χ1v) is 8.03. The summed E-state index contributed by atoms with van der Waals surface area (Å²) >= 11 is 11.8. The quantitative estimate of drug-likeness (QED) is 0.817. The van der Waals surface area contributed by atoms with Gasteiger partial charge in [0.05, 0.1) is 36.2 Å². The van der Waals surface area contributed by atoms with Gasteiger partial charge in [-0.15, -0.1) is 0 Å². The van der Waals surface area contributed by atoms with E-state index in [0.717, 1.165) is 37.3 Å². The summed E-state index contributed by atoms with van der Waals surface area (Å²) in [6.07, 6.45) is 2.91. The SMILES string of the molecule is O=C(C[C@@H](C(=O)[O-])[NH+]1CCCCC1)Nc1cc(Cl)ccc1Cl. The number of likely N-dealkylation sites (tertiary alicyclic amines) is 1. The van der Waals surface area contributed by atoms with Gasteiger partial charge in [-0.2, -0.15) is 0 Å². The Morgan fingerprint density at radius 2 is 1.91 bits per heavy atom. The highest BCUT2D eigenvalue weighted by molar-refractivity contribution is 6.35. The molecule has 0 bridgehead atoms. The largest absolute Gasteiger partial charge is 0.544 e. The average Bonchev–Trinajstić information content (AvgIpc) is 2.49. The van der Waals surface area contributed by atoms with Crippen LogP contribution in [0.4, 0.5) is 5.69 Å². The number of halogens is 2. The number of carboxylic acids is 1. The average molecular weight is 345 g/mol. The van der Waals surface area contributed by atoms with Gasteiger partial charge in [0.2, 0.25) is 5.91 Å². The molecule has 7 heteroatoms. The highest BCUT2D eigenvalue weighted by Gasteiger charge is 2.28. The fraction of sp³-hybridized carbons (Fsp3) is 0.467. The molecule has 1 aliphatic heterocycles. The van der Waals surface area contributed by atoms with Gasteiger partial charge in [0.25, 0.3) is 0 Å². The van der Waals surface area contributed by atoms with Crippen molar-refractivity contribution in [3.8, 4) is 0 Å². The Hall–Kier alpha value is -1.30. The maximum atomic E-state index is 12.1. The molecule has 1 heterocycles. The molecule has 1 saturated heterocycles. The zero-order valence-electron chi connectivity index (χ0n) is 12.0. The maximum absolute atomic E-state index is 12.1. The fourth-order valence-corrected chi connectivity index (χ4v) is 3.07. The number of rotatable bonds is 5. The number of piperidine rings is 1. The van der Waals surface area contributed by atoms with Crippen molar-refractivity contribution in [1.82, 2.24) is 0 Å². The summed E-state index contributed by atoms with van der Waals surface area (Å²) < 4.78 is 0. The molecule has 5 nitrogen and oxygen atoms in total. The van der Waals surface area contributed by atoms with Crippen LogP contribution in [0.25, 0.3) is 0 Å². The lowest BCUT2D eigenvalue weighted by Gasteiger charge is -2.31. The van der Waals surface area contributed by atoms with E-state index >= 15 is 0 Å². The minimum atomic E-state index is -1.19. The molecule has 1 fully saturated rings. The number of carboxylic acid groups (broad SMARTS) is 1. The number of carbonyl (C=O) groups is 2. The number of quaternary nitrogens is 1. The first kappa shape index (κ1) is 17.1. The number of hydrogen-bond donors (Lipinski definition) is 2. The van der Waals surface area contributed by atoms with Crippen LogP contribution in [0.3, 0.4) is 0 Å². The van der Waals surface area contributed by atoms with E-state index in [1.54, 1.807) is 12.1 Å². The minimum Gasteiger partial charge on any atom is -0.544 e. The molecular formula is C15H18Cl2N2O3. The topological polar surface area (TPSA) is 73.7 Å². The highest BCUT2D eigenvalue weighted by Crippen LogP contribution is 2.25. The van der Waals surface area contributed by atoms with Crippen LogP contribution in [0.2, 0.25) is 10.0 Å². The van der Waals surface area contributed by atoms with Crippen LogP contribution in [0.1, 0.15) is 25.7 Å². The smallest absolute Gasteiger partial charge is 0.230 e. The van der Waals surface area contributed by atoms with Gasteiger partial charge >= 0.3 is 0 Å². The summed E-state index contributed by atoms with van der Waals surface area (Å²) in [6.45, 7) is 1.51. The first-order chi connectivity index (χ1) is 10.5. The summed E-state index contributed by atoms with van der Waals surface area (Å²) in [4.78, 5) is 24.4. The second-order valence-corrected chi connectivity index (χ2v) is 6.31. The molecule has 2 N–H and O–H groups in total. The molecule has 2 rings (SSSR count). The van der Waals surface area contributed by atoms with Crippen molar-refractivity contribution in [3.63, 3.8) is 0 Å². The summed E-state index contributed by atoms with van der Waals surface area (Å²) in [7, 11) is 0. The predicted octanol–water partition coefficient (Wildman–Crippen LogP) is 0.509. The first-order valence-electron chi connectivity index (χ1n) is 7.27. The number of nitrogens with one attached hydrogen (secondary N) is 2. The zero-order valence-corrected chi connectivity index (χ0v) is 13.5. The van der Waals surface area contributed by atoms with Crippen molar-refractivity contribution in [2.75, 3.05) is 18.4 Å². The number of carbonyl (C=O) groups excluding carboxylic acids is 2. The van der Waals surface area contributed by atoms with Gasteiger partial charge in [0.1, 0.15) is 6.04 Å². The normalized spacial score (nSPS) is 17.0. The molecule has 1 aliphatic rings. The van der Waals surface area contributed by atoms with Gasteiger partial charge in [0, 0.05) is 5.02 Å². The van der Waals surface area contributed by atoms with Crippen LogP contribution >= 0.6 is 23.2 Å². The van der Waals surface area contributed by atoms with Crippen LogP contribution < -0.4 is 15.3 Å². The van der Waals surface area contributed by atoms with E-state index in [1.807, 2.05) is 0 Å². The van der Waals surface area contributed by atoms with Crippen LogP contribution in [0, 0.1) is 0 Å². The Labute approximate surface area is 139 Å². The molecular weight excluding hydrogens is 327 g/mol. The molecule has 1 aromatic carbocycles. The number of anilines is 1. The second-order valence-electron chi connectivity index (χ2n) is 5.47. The molecule has 1 atom stereocenters. The van der Waals surface area contributed by atoms with Crippen molar-refractivity contribution in [2.24, 2.45) is 0 Å². The lowest BCUT2D eigenvalue weighted by Crippen LogP contribution is -3.18. The highest BCUT2D eigenvalue weighted by atomic mass is 35.5. The lowest BCUT2D eigenvalue weighted by atomic mass is 10.1. The molecule has 0 spiro atoms. The van der Waals surface area contributed by atoms with E-state index in [-0.39, 0.29) is 6.42 Å². The number of benzene rings is 1. The van der Waals surface area contributed by atoms with E-state index in [2.05, 4.69) is 5.32 Å². The van der Waals surface area contributed by atoms with E-state index < -0.39 is 17.9 Å². The van der Waals surface area contributed by atoms with Crippen molar-refractivity contribution >= 4 is 40.8 Å². The van der Waals surface area contributed by atoms with Crippen molar-refractivity contribution in [3.05, 3.63) is 28.2 Å². The number of amides is 1. The van der Waals surface area contributed by atoms with Gasteiger partial charge in [0.15, 0.2) is 0 Å². The molecule has 0 unspecified atom stereocenters. The van der Waals surface area contributed by atoms with Gasteiger partial charge in [-0.1, -0.05) is 23.2 Å². The standard InChI is InChI=1S/C15H18Cl2N2O3/c16-10-4-5-11(17)12(8-10)18-14(20)9-13(15(21)22)19-6-2-1-3-7-19/h4-5,8,13H,1-3,6-7,9H2,(H,18,20)(H,21,22)/t13-/m0/s1. The second kappa shape index (κ2) is 7.81. The molecule has 0 aliphatic carbocycles. The van der Waals surface area contributed by atoms with E-state index in [1.165, 1.54) is 6.07 Å². The molecule has 1 amide bonds. The van der Waals surface area contributed by atoms with Gasteiger partial charge in [-0.05, 0) is 37.5 Å². The minimum absolute atomic E-state index is 0.138. The van der Waals surface area contributed by atoms with Gasteiger partial charge < -0.3 is 20.1 Å². The lowest BCUT2D eigenvalue weighted by molar-refractivity contribution is -0.922. The van der Waals surface area contributed by atoms with Gasteiger partial charge in [-0.3, -0.25) is 4.79 Å². The van der Waals surface area contributed by atoms with E-state index in [0.29, 0.717) is 15.7 Å². The summed E-state index contributed by atoms with van der Waals surface area (Å²) in [6, 6.07) is 3.88. The Morgan fingerprint density at radius 3 is 2.55 bits per heavy atom. The molecule has 120 valence electrons. The third-order valence-electron chi connectivity index (χ3n) is 3.87. The Bertz CT molecular complexity index is 560. The third-order valence-corrected chi connectivity index (χ3v) is 4.43. The zero-order chi connectivity index (χ0) is 16.1. The van der Waals surface area contributed by atoms with Crippen molar-refractivity contribution in [2.45, 2.75) is 31.7 Å². The van der Waals surface area contributed by atoms with Crippen molar-refractivity contribution < 1.29 is 19.6 Å². The number of hydrogen-bond acceptors (Lipinski definition) is 3. The van der Waals surface area contributed by atoms with Crippen LogP contribution in [0.5, 0.6) is 0 Å². The Balaban J connectivity index is 2.01. The Kier molecular flexibility index (Phi) is 6.06. The van der Waals surface area contributed by atoms with Crippen LogP contribution in [0.15, 0.2) is 18.2 Å². The summed E-state index contributed by atoms with van der Waals surface area (Å²) in [5.41, 5.74) is 0.380. The monoisotopic (exact) mass is 344 g/mol. The fourth-order valence-electron chi connectivity index (χ4n) is 2.73. The predicted molar refractivity (Wildman–Crippen MR) is 83.1 cm³/mol. The Morgan fingerprint density at radius 1 is 1.23 bits per heavy atom.